The second-order valence-corrected chi connectivity index (χ2v) is 6.97. The Morgan fingerprint density at radius 3 is 2.35 bits per heavy atom. The van der Waals surface area contributed by atoms with Gasteiger partial charge in [0, 0.05) is 16.6 Å². The Bertz CT molecular complexity index is 907. The maximum Gasteiger partial charge on any atom is 0.435 e. The fourth-order valence-corrected chi connectivity index (χ4v) is 3.11. The molecule has 0 bridgehead atoms. The first-order valence-electron chi connectivity index (χ1n) is 7.27. The molecule has 3 rings (SSSR count). The van der Waals surface area contributed by atoms with Crippen LogP contribution in [0.5, 0.6) is 0 Å². The van der Waals surface area contributed by atoms with Gasteiger partial charge in [0.15, 0.2) is 16.7 Å². The van der Waals surface area contributed by atoms with Crippen LogP contribution in [0.4, 0.5) is 13.2 Å². The van der Waals surface area contributed by atoms with Crippen molar-refractivity contribution in [2.75, 3.05) is 0 Å². The number of rotatable bonds is 5. The lowest BCUT2D eigenvalue weighted by atomic mass is 10.2. The van der Waals surface area contributed by atoms with E-state index in [1.165, 1.54) is 6.07 Å². The summed E-state index contributed by atoms with van der Waals surface area (Å²) in [5.74, 6) is 0.625. The molecule has 0 aliphatic rings. The quantitative estimate of drug-likeness (QED) is 0.529. The standard InChI is InChI=1S/C16H11BrF3N5S/c1-2-9-25-14(10-3-5-11(17)6-4-10)23-24-15(25)26-13-8-7-12(21-22-13)16(18,19)20/h2-8H,1,9H2. The van der Waals surface area contributed by atoms with Gasteiger partial charge in [-0.3, -0.25) is 4.57 Å². The lowest BCUT2D eigenvalue weighted by molar-refractivity contribution is -0.141. The van der Waals surface area contributed by atoms with Crippen molar-refractivity contribution in [3.05, 3.63) is 59.2 Å². The molecule has 0 aliphatic heterocycles. The van der Waals surface area contributed by atoms with Gasteiger partial charge in [-0.05, 0) is 36.0 Å². The van der Waals surface area contributed by atoms with Crippen LogP contribution >= 0.6 is 27.7 Å². The highest BCUT2D eigenvalue weighted by molar-refractivity contribution is 9.10. The molecule has 0 atom stereocenters. The third kappa shape index (κ3) is 4.13. The number of aromatic nitrogens is 5. The molecule has 2 heterocycles. The summed E-state index contributed by atoms with van der Waals surface area (Å²) in [6.07, 6.45) is -2.83. The molecule has 0 spiro atoms. The van der Waals surface area contributed by atoms with Crippen molar-refractivity contribution in [2.45, 2.75) is 22.9 Å². The Hall–Kier alpha value is -2.20. The Kier molecular flexibility index (Phi) is 5.42. The minimum atomic E-state index is -4.52. The zero-order valence-electron chi connectivity index (χ0n) is 13.1. The van der Waals surface area contributed by atoms with Crippen LogP contribution in [0.25, 0.3) is 11.4 Å². The molecule has 0 radical (unpaired) electrons. The van der Waals surface area contributed by atoms with Gasteiger partial charge in [-0.25, -0.2) is 0 Å². The highest BCUT2D eigenvalue weighted by Gasteiger charge is 2.33. The maximum atomic E-state index is 12.6. The van der Waals surface area contributed by atoms with Crippen LogP contribution in [0.3, 0.4) is 0 Å². The summed E-state index contributed by atoms with van der Waals surface area (Å²) in [5, 5.41) is 15.9. The first kappa shape index (κ1) is 18.6. The molecule has 2 aromatic heterocycles. The Labute approximate surface area is 159 Å². The van der Waals surface area contributed by atoms with Crippen molar-refractivity contribution in [2.24, 2.45) is 0 Å². The molecule has 5 nitrogen and oxygen atoms in total. The molecule has 3 aromatic rings. The lowest BCUT2D eigenvalue weighted by Crippen LogP contribution is -2.09. The molecule has 1 aromatic carbocycles. The Morgan fingerprint density at radius 1 is 1.04 bits per heavy atom. The maximum absolute atomic E-state index is 12.6. The molecule has 0 fully saturated rings. The highest BCUT2D eigenvalue weighted by Crippen LogP contribution is 2.31. The number of halogens is 4. The molecule has 0 saturated heterocycles. The zero-order chi connectivity index (χ0) is 18.7. The van der Waals surface area contributed by atoms with Gasteiger partial charge < -0.3 is 0 Å². The van der Waals surface area contributed by atoms with Gasteiger partial charge in [0.2, 0.25) is 0 Å². The van der Waals surface area contributed by atoms with Crippen LogP contribution < -0.4 is 0 Å². The third-order valence-corrected chi connectivity index (χ3v) is 4.70. The van der Waals surface area contributed by atoms with Crippen molar-refractivity contribution < 1.29 is 13.2 Å². The second kappa shape index (κ2) is 7.58. The van der Waals surface area contributed by atoms with E-state index in [0.717, 1.165) is 27.9 Å². The molecule has 0 amide bonds. The number of hydrogen-bond acceptors (Lipinski definition) is 5. The lowest BCUT2D eigenvalue weighted by Gasteiger charge is -2.08. The third-order valence-electron chi connectivity index (χ3n) is 3.26. The topological polar surface area (TPSA) is 56.5 Å². The number of benzene rings is 1. The molecule has 10 heteroatoms. The second-order valence-electron chi connectivity index (χ2n) is 5.07. The van der Waals surface area contributed by atoms with Gasteiger partial charge >= 0.3 is 6.18 Å². The number of allylic oxidation sites excluding steroid dienone is 1. The van der Waals surface area contributed by atoms with E-state index in [1.54, 1.807) is 10.6 Å². The van der Waals surface area contributed by atoms with Gasteiger partial charge in [0.1, 0.15) is 5.03 Å². The van der Waals surface area contributed by atoms with E-state index >= 15 is 0 Å². The first-order chi connectivity index (χ1) is 12.4. The van der Waals surface area contributed by atoms with Crippen molar-refractivity contribution in [1.82, 2.24) is 25.0 Å². The summed E-state index contributed by atoms with van der Waals surface area (Å²) in [7, 11) is 0. The monoisotopic (exact) mass is 441 g/mol. The minimum absolute atomic E-state index is 0.290. The normalized spacial score (nSPS) is 11.5. The molecule has 26 heavy (non-hydrogen) atoms. The SMILES string of the molecule is C=CCn1c(Sc2ccc(C(F)(F)F)nn2)nnc1-c1ccc(Br)cc1. The Morgan fingerprint density at radius 2 is 1.77 bits per heavy atom. The summed E-state index contributed by atoms with van der Waals surface area (Å²) in [6, 6.07) is 9.69. The van der Waals surface area contributed by atoms with Crippen molar-refractivity contribution in [1.29, 1.82) is 0 Å². The summed E-state index contributed by atoms with van der Waals surface area (Å²) >= 11 is 4.46. The van der Waals surface area contributed by atoms with Gasteiger partial charge in [0.05, 0.1) is 0 Å². The van der Waals surface area contributed by atoms with E-state index in [9.17, 15) is 13.2 Å². The van der Waals surface area contributed by atoms with E-state index in [-0.39, 0.29) is 5.03 Å². The predicted octanol–water partition coefficient (Wildman–Crippen LogP) is 4.85. The molecule has 0 aliphatic carbocycles. The molecule has 0 unspecified atom stereocenters. The van der Waals surface area contributed by atoms with Crippen molar-refractivity contribution >= 4 is 27.7 Å². The number of hydrogen-bond donors (Lipinski definition) is 0. The molecular weight excluding hydrogens is 431 g/mol. The average Bonchev–Trinajstić information content (AvgIpc) is 2.98. The fourth-order valence-electron chi connectivity index (χ4n) is 2.09. The first-order valence-corrected chi connectivity index (χ1v) is 8.88. The van der Waals surface area contributed by atoms with Crippen molar-refractivity contribution in [3.8, 4) is 11.4 Å². The largest absolute Gasteiger partial charge is 0.435 e. The van der Waals surface area contributed by atoms with Gasteiger partial charge in [-0.2, -0.15) is 13.2 Å². The number of alkyl halides is 3. The van der Waals surface area contributed by atoms with Gasteiger partial charge in [-0.1, -0.05) is 34.1 Å². The van der Waals surface area contributed by atoms with Crippen LogP contribution in [0.15, 0.2) is 63.7 Å². The zero-order valence-corrected chi connectivity index (χ0v) is 15.5. The fraction of sp³-hybridized carbons (Fsp3) is 0.125. The molecule has 0 saturated carbocycles. The molecule has 134 valence electrons. The van der Waals surface area contributed by atoms with Crippen LogP contribution in [0.1, 0.15) is 5.69 Å². The van der Waals surface area contributed by atoms with Crippen LogP contribution in [0, 0.1) is 0 Å². The smallest absolute Gasteiger partial charge is 0.298 e. The molecule has 0 N–H and O–H groups in total. The van der Waals surface area contributed by atoms with Crippen LogP contribution in [0.2, 0.25) is 0 Å². The number of nitrogens with zero attached hydrogens (tertiary/aromatic N) is 5. The van der Waals surface area contributed by atoms with Crippen LogP contribution in [-0.2, 0) is 12.7 Å². The average molecular weight is 442 g/mol. The minimum Gasteiger partial charge on any atom is -0.298 e. The van der Waals surface area contributed by atoms with Crippen molar-refractivity contribution in [3.63, 3.8) is 0 Å². The molecular formula is C16H11BrF3N5S. The van der Waals surface area contributed by atoms with E-state index in [0.29, 0.717) is 17.5 Å². The van der Waals surface area contributed by atoms with E-state index in [2.05, 4.69) is 42.9 Å². The highest BCUT2D eigenvalue weighted by atomic mass is 79.9. The van der Waals surface area contributed by atoms with E-state index < -0.39 is 11.9 Å². The summed E-state index contributed by atoms with van der Waals surface area (Å²) in [6.45, 7) is 4.16. The predicted molar refractivity (Wildman–Crippen MR) is 94.5 cm³/mol. The Balaban J connectivity index is 1.90. The van der Waals surface area contributed by atoms with E-state index in [4.69, 9.17) is 0 Å². The van der Waals surface area contributed by atoms with Gasteiger partial charge in [0.25, 0.3) is 0 Å². The summed E-state index contributed by atoms with van der Waals surface area (Å²) < 4.78 is 40.5. The summed E-state index contributed by atoms with van der Waals surface area (Å²) in [4.78, 5) is 0. The van der Waals surface area contributed by atoms with Crippen LogP contribution in [-0.4, -0.2) is 25.0 Å². The van der Waals surface area contributed by atoms with Gasteiger partial charge in [-0.15, -0.1) is 27.0 Å². The van der Waals surface area contributed by atoms with E-state index in [1.807, 2.05) is 24.3 Å². The summed E-state index contributed by atoms with van der Waals surface area (Å²) in [5.41, 5.74) is -0.183.